The van der Waals surface area contributed by atoms with E-state index in [1.54, 1.807) is 29.9 Å². The molecule has 0 unspecified atom stereocenters. The van der Waals surface area contributed by atoms with Crippen molar-refractivity contribution in [3.8, 4) is 0 Å². The molecule has 0 aliphatic carbocycles. The maximum Gasteiger partial charge on any atom is 0.277 e. The smallest absolute Gasteiger partial charge is 0.277 e. The van der Waals surface area contributed by atoms with E-state index in [1.807, 2.05) is 0 Å². The van der Waals surface area contributed by atoms with Crippen LogP contribution in [0.2, 0.25) is 0 Å². The number of rotatable bonds is 5. The summed E-state index contributed by atoms with van der Waals surface area (Å²) in [5.74, 6) is -0.424. The van der Waals surface area contributed by atoms with Crippen LogP contribution in [0.4, 0.5) is 5.69 Å². The van der Waals surface area contributed by atoms with E-state index in [0.717, 1.165) is 30.2 Å². The Balaban J connectivity index is 1.78. The van der Waals surface area contributed by atoms with Gasteiger partial charge in [0.1, 0.15) is 0 Å². The first-order valence-corrected chi connectivity index (χ1v) is 10.2. The number of sulfonamides is 1. The van der Waals surface area contributed by atoms with Crippen molar-refractivity contribution in [3.05, 3.63) is 35.7 Å². The zero-order chi connectivity index (χ0) is 19.6. The van der Waals surface area contributed by atoms with E-state index >= 15 is 0 Å². The summed E-state index contributed by atoms with van der Waals surface area (Å²) in [4.78, 5) is 12.6. The maximum atomic E-state index is 12.5. The van der Waals surface area contributed by atoms with E-state index in [9.17, 15) is 13.2 Å². The van der Waals surface area contributed by atoms with E-state index in [0.29, 0.717) is 11.3 Å². The first-order valence-electron chi connectivity index (χ1n) is 8.76. The zero-order valence-electron chi connectivity index (χ0n) is 15.6. The summed E-state index contributed by atoms with van der Waals surface area (Å²) >= 11 is 0. The van der Waals surface area contributed by atoms with Gasteiger partial charge in [-0.1, -0.05) is 11.3 Å². The van der Waals surface area contributed by atoms with Gasteiger partial charge in [0, 0.05) is 19.8 Å². The quantitative estimate of drug-likeness (QED) is 0.786. The van der Waals surface area contributed by atoms with Gasteiger partial charge in [-0.25, -0.2) is 17.4 Å². The van der Waals surface area contributed by atoms with Crippen LogP contribution < -0.4 is 10.6 Å². The second-order valence-electron chi connectivity index (χ2n) is 6.79. The number of carbonyl (C=O) groups is 1. The number of hydrogen-bond donors (Lipinski definition) is 2. The van der Waals surface area contributed by atoms with Crippen LogP contribution in [0.25, 0.3) is 0 Å². The lowest BCUT2D eigenvalue weighted by molar-refractivity contribution is 0.102. The lowest BCUT2D eigenvalue weighted by atomic mass is 10.1. The van der Waals surface area contributed by atoms with E-state index in [2.05, 4.69) is 20.9 Å². The molecule has 1 saturated heterocycles. The number of carbonyl (C=O) groups excluding carboxylic acids is 1. The Morgan fingerprint density at radius 3 is 2.67 bits per heavy atom. The highest BCUT2D eigenvalue weighted by Crippen LogP contribution is 2.23. The number of amides is 1. The van der Waals surface area contributed by atoms with Gasteiger partial charge in [0.2, 0.25) is 10.0 Å². The second-order valence-corrected chi connectivity index (χ2v) is 8.91. The van der Waals surface area contributed by atoms with Crippen molar-refractivity contribution in [1.29, 1.82) is 0 Å². The van der Waals surface area contributed by atoms with Crippen molar-refractivity contribution >= 4 is 21.6 Å². The van der Waals surface area contributed by atoms with Gasteiger partial charge in [-0.3, -0.25) is 4.79 Å². The molecular formula is C17H24N6O3S. The zero-order valence-corrected chi connectivity index (χ0v) is 16.5. The van der Waals surface area contributed by atoms with Crippen LogP contribution in [0.15, 0.2) is 29.3 Å². The molecule has 1 amide bonds. The lowest BCUT2D eigenvalue weighted by Crippen LogP contribution is -2.29. The first-order chi connectivity index (χ1) is 12.8. The summed E-state index contributed by atoms with van der Waals surface area (Å²) < 4.78 is 27.7. The molecule has 10 heteroatoms. The molecule has 1 aromatic heterocycles. The average molecular weight is 392 g/mol. The van der Waals surface area contributed by atoms with Gasteiger partial charge >= 0.3 is 0 Å². The fourth-order valence-electron chi connectivity index (χ4n) is 2.98. The number of anilines is 1. The molecule has 2 N–H and O–H groups in total. The highest BCUT2D eigenvalue weighted by Gasteiger charge is 2.22. The van der Waals surface area contributed by atoms with Gasteiger partial charge in [0.15, 0.2) is 5.69 Å². The van der Waals surface area contributed by atoms with Crippen LogP contribution in [0.3, 0.4) is 0 Å². The Kier molecular flexibility index (Phi) is 5.59. The molecule has 0 bridgehead atoms. The van der Waals surface area contributed by atoms with Gasteiger partial charge in [-0.05, 0) is 50.6 Å². The number of hydrogen-bond acceptors (Lipinski definition) is 6. The maximum absolute atomic E-state index is 12.5. The van der Waals surface area contributed by atoms with Crippen LogP contribution >= 0.6 is 0 Å². The second kappa shape index (κ2) is 7.75. The van der Waals surface area contributed by atoms with Crippen LogP contribution in [0.5, 0.6) is 0 Å². The Morgan fingerprint density at radius 1 is 1.30 bits per heavy atom. The van der Waals surface area contributed by atoms with E-state index < -0.39 is 15.9 Å². The lowest BCUT2D eigenvalue weighted by Gasteiger charge is -2.22. The first kappa shape index (κ1) is 19.5. The van der Waals surface area contributed by atoms with Crippen LogP contribution in [-0.4, -0.2) is 60.8 Å². The van der Waals surface area contributed by atoms with Crippen molar-refractivity contribution in [2.45, 2.75) is 30.7 Å². The van der Waals surface area contributed by atoms with Crippen molar-refractivity contribution < 1.29 is 13.2 Å². The molecule has 3 rings (SSSR count). The molecule has 27 heavy (non-hydrogen) atoms. The summed E-state index contributed by atoms with van der Waals surface area (Å²) in [7, 11) is -0.654. The van der Waals surface area contributed by atoms with Gasteiger partial charge in [-0.15, -0.1) is 5.10 Å². The third-order valence-electron chi connectivity index (χ3n) is 4.63. The van der Waals surface area contributed by atoms with Crippen molar-refractivity contribution in [2.24, 2.45) is 0 Å². The van der Waals surface area contributed by atoms with Gasteiger partial charge in [0.25, 0.3) is 5.91 Å². The minimum absolute atomic E-state index is 0.156. The topological polar surface area (TPSA) is 109 Å². The highest BCUT2D eigenvalue weighted by molar-refractivity contribution is 7.89. The van der Waals surface area contributed by atoms with E-state index in [1.165, 1.54) is 20.2 Å². The largest absolute Gasteiger partial charge is 0.321 e. The van der Waals surface area contributed by atoms with Crippen molar-refractivity contribution in [2.75, 3.05) is 32.5 Å². The molecule has 2 aromatic rings. The third kappa shape index (κ3) is 4.18. The summed E-state index contributed by atoms with van der Waals surface area (Å²) in [5, 5.41) is 14.0. The fourth-order valence-corrected chi connectivity index (χ4v) is 4.12. The number of nitrogens with zero attached hydrogens (tertiary/aromatic N) is 4. The predicted molar refractivity (Wildman–Crippen MR) is 101 cm³/mol. The van der Waals surface area contributed by atoms with Gasteiger partial charge in [-0.2, -0.15) is 0 Å². The number of piperidine rings is 1. The molecule has 1 fully saturated rings. The summed E-state index contributed by atoms with van der Waals surface area (Å²) in [6.07, 6.45) is 3.51. The molecule has 1 aromatic carbocycles. The van der Waals surface area contributed by atoms with E-state index in [-0.39, 0.29) is 16.6 Å². The fraction of sp³-hybridized carbons (Fsp3) is 0.471. The van der Waals surface area contributed by atoms with E-state index in [4.69, 9.17) is 0 Å². The molecular weight excluding hydrogens is 368 g/mol. The summed E-state index contributed by atoms with van der Waals surface area (Å²) in [5.41, 5.74) is 1.20. The Morgan fingerprint density at radius 2 is 2.00 bits per heavy atom. The van der Waals surface area contributed by atoms with Gasteiger partial charge < -0.3 is 10.6 Å². The monoisotopic (exact) mass is 392 g/mol. The predicted octanol–water partition coefficient (Wildman–Crippen LogP) is 1.01. The standard InChI is InChI=1S/C17H24N6O3S/c1-12-4-5-13(10-16(12)27(25,26)22(2)3)19-17(24)15-11-23(21-20-15)14-6-8-18-9-7-14/h4-5,10-11,14,18H,6-9H2,1-3H3,(H,19,24). The summed E-state index contributed by atoms with van der Waals surface area (Å²) in [6.45, 7) is 3.55. The molecule has 0 spiro atoms. The van der Waals surface area contributed by atoms with Crippen LogP contribution in [0, 0.1) is 6.92 Å². The normalized spacial score (nSPS) is 15.9. The van der Waals surface area contributed by atoms with Crippen molar-refractivity contribution in [3.63, 3.8) is 0 Å². The SMILES string of the molecule is Cc1ccc(NC(=O)c2cn(C3CCNCC3)nn2)cc1S(=O)(=O)N(C)C. The Labute approximate surface area is 158 Å². The molecule has 146 valence electrons. The molecule has 0 radical (unpaired) electrons. The van der Waals surface area contributed by atoms with Crippen LogP contribution in [-0.2, 0) is 10.0 Å². The number of nitrogens with one attached hydrogen (secondary N) is 2. The van der Waals surface area contributed by atoms with Gasteiger partial charge in [0.05, 0.1) is 17.1 Å². The number of aromatic nitrogens is 3. The minimum Gasteiger partial charge on any atom is -0.321 e. The van der Waals surface area contributed by atoms with Crippen molar-refractivity contribution in [1.82, 2.24) is 24.6 Å². The highest BCUT2D eigenvalue weighted by atomic mass is 32.2. The number of aryl methyl sites for hydroxylation is 1. The third-order valence-corrected chi connectivity index (χ3v) is 6.59. The number of benzene rings is 1. The molecule has 1 aliphatic heterocycles. The summed E-state index contributed by atoms with van der Waals surface area (Å²) in [6, 6.07) is 5.02. The minimum atomic E-state index is -3.60. The Hall–Kier alpha value is -2.30. The molecule has 9 nitrogen and oxygen atoms in total. The van der Waals surface area contributed by atoms with Crippen LogP contribution in [0.1, 0.15) is 34.9 Å². The Bertz CT molecular complexity index is 932. The molecule has 1 aliphatic rings. The molecule has 0 atom stereocenters. The molecule has 0 saturated carbocycles. The molecule has 2 heterocycles. The average Bonchev–Trinajstić information content (AvgIpc) is 3.14.